The largest absolute Gasteiger partial charge is 0.476 e. The van der Waals surface area contributed by atoms with Crippen LogP contribution in [0.4, 0.5) is 8.78 Å². The first-order chi connectivity index (χ1) is 7.49. The Labute approximate surface area is 89.8 Å². The molecule has 0 amide bonds. The monoisotopic (exact) mass is 235 g/mol. The maximum atomic E-state index is 12.7. The molecular weight excluding hydrogens is 224 g/mol. The number of aromatic nitrogens is 3. The number of hydrogen-bond acceptors (Lipinski definition) is 4. The van der Waals surface area contributed by atoms with E-state index >= 15 is 0 Å². The van der Waals surface area contributed by atoms with Gasteiger partial charge in [0.05, 0.1) is 12.6 Å². The van der Waals surface area contributed by atoms with E-state index < -0.39 is 29.8 Å². The van der Waals surface area contributed by atoms with E-state index in [1.165, 1.54) is 7.11 Å². The summed E-state index contributed by atoms with van der Waals surface area (Å²) in [6.07, 6.45) is -2.94. The van der Waals surface area contributed by atoms with Crippen LogP contribution in [-0.4, -0.2) is 39.8 Å². The van der Waals surface area contributed by atoms with Gasteiger partial charge in [0.2, 0.25) is 0 Å². The van der Waals surface area contributed by atoms with E-state index in [2.05, 4.69) is 10.3 Å². The number of carboxylic acid groups (broad SMARTS) is 1. The smallest absolute Gasteiger partial charge is 0.358 e. The second-order valence-electron chi connectivity index (χ2n) is 3.18. The lowest BCUT2D eigenvalue weighted by molar-refractivity contribution is 0.0673. The van der Waals surface area contributed by atoms with E-state index in [0.29, 0.717) is 0 Å². The first-order valence-corrected chi connectivity index (χ1v) is 4.44. The predicted molar refractivity (Wildman–Crippen MR) is 48.5 cm³/mol. The first kappa shape index (κ1) is 12.5. The zero-order valence-corrected chi connectivity index (χ0v) is 8.72. The zero-order valence-electron chi connectivity index (χ0n) is 8.72. The van der Waals surface area contributed by atoms with E-state index in [1.54, 1.807) is 6.92 Å². The number of alkyl halides is 2. The maximum absolute atomic E-state index is 12.7. The second kappa shape index (κ2) is 4.97. The summed E-state index contributed by atoms with van der Waals surface area (Å²) < 4.78 is 31.0. The molecule has 1 heterocycles. The molecule has 1 aromatic heterocycles. The van der Waals surface area contributed by atoms with E-state index in [1.807, 2.05) is 0 Å². The summed E-state index contributed by atoms with van der Waals surface area (Å²) in [5.41, 5.74) is -1.42. The number of methoxy groups -OCH3 is 1. The van der Waals surface area contributed by atoms with E-state index in [9.17, 15) is 13.6 Å². The van der Waals surface area contributed by atoms with Crippen LogP contribution >= 0.6 is 0 Å². The topological polar surface area (TPSA) is 77.2 Å². The minimum Gasteiger partial charge on any atom is -0.476 e. The minimum atomic E-state index is -2.94. The summed E-state index contributed by atoms with van der Waals surface area (Å²) in [4.78, 5) is 10.6. The van der Waals surface area contributed by atoms with Crippen LogP contribution < -0.4 is 0 Å². The van der Waals surface area contributed by atoms with Crippen LogP contribution in [0.3, 0.4) is 0 Å². The molecule has 8 heteroatoms. The normalized spacial score (nSPS) is 13.1. The van der Waals surface area contributed by atoms with Gasteiger partial charge in [-0.1, -0.05) is 5.21 Å². The number of nitrogens with zero attached hydrogens (tertiary/aromatic N) is 3. The Kier molecular flexibility index (Phi) is 3.88. The van der Waals surface area contributed by atoms with Crippen LogP contribution in [0.1, 0.15) is 35.6 Å². The van der Waals surface area contributed by atoms with Gasteiger partial charge < -0.3 is 9.84 Å². The zero-order chi connectivity index (χ0) is 12.3. The molecule has 90 valence electrons. The molecule has 0 aliphatic rings. The fraction of sp³-hybridized carbons (Fsp3) is 0.625. The van der Waals surface area contributed by atoms with E-state index in [4.69, 9.17) is 9.84 Å². The lowest BCUT2D eigenvalue weighted by Gasteiger charge is -2.13. The van der Waals surface area contributed by atoms with Gasteiger partial charge in [-0.05, 0) is 6.92 Å². The summed E-state index contributed by atoms with van der Waals surface area (Å²) in [5.74, 6) is -1.52. The highest BCUT2D eigenvalue weighted by atomic mass is 19.3. The third-order valence-electron chi connectivity index (χ3n) is 1.97. The molecule has 1 rings (SSSR count). The van der Waals surface area contributed by atoms with Crippen LogP contribution in [0.25, 0.3) is 0 Å². The molecule has 16 heavy (non-hydrogen) atoms. The Morgan fingerprint density at radius 3 is 2.69 bits per heavy atom. The number of aromatic carboxylic acids is 1. The lowest BCUT2D eigenvalue weighted by atomic mass is 10.3. The molecule has 6 nitrogen and oxygen atoms in total. The Balaban J connectivity index is 3.14. The van der Waals surface area contributed by atoms with Crippen molar-refractivity contribution in [2.45, 2.75) is 19.4 Å². The van der Waals surface area contributed by atoms with Crippen LogP contribution in [0.5, 0.6) is 0 Å². The quantitative estimate of drug-likeness (QED) is 0.827. The van der Waals surface area contributed by atoms with E-state index in [-0.39, 0.29) is 6.61 Å². The van der Waals surface area contributed by atoms with Gasteiger partial charge in [-0.15, -0.1) is 5.10 Å². The predicted octanol–water partition coefficient (Wildman–Crippen LogP) is 1.12. The highest BCUT2D eigenvalue weighted by Crippen LogP contribution is 2.24. The SMILES string of the molecule is COCC(C)n1nnc(C(=O)O)c1C(F)F. The van der Waals surface area contributed by atoms with Gasteiger partial charge in [0.15, 0.2) is 5.69 Å². The molecule has 1 N–H and O–H groups in total. The molecule has 1 unspecified atom stereocenters. The standard InChI is InChI=1S/C8H11F2N3O3/c1-4(3-16-2)13-6(7(9)10)5(8(14)15)11-12-13/h4,7H,3H2,1-2H3,(H,14,15). The Morgan fingerprint density at radius 2 is 2.25 bits per heavy atom. The Hall–Kier alpha value is -1.57. The molecule has 0 radical (unpaired) electrons. The number of rotatable bonds is 5. The first-order valence-electron chi connectivity index (χ1n) is 4.44. The van der Waals surface area contributed by atoms with Gasteiger partial charge in [-0.3, -0.25) is 0 Å². The molecule has 0 aliphatic carbocycles. The third kappa shape index (κ3) is 2.32. The molecule has 0 spiro atoms. The molecule has 0 aromatic carbocycles. The fourth-order valence-corrected chi connectivity index (χ4v) is 1.29. The van der Waals surface area contributed by atoms with Gasteiger partial charge >= 0.3 is 5.97 Å². The van der Waals surface area contributed by atoms with Crippen molar-refractivity contribution in [3.8, 4) is 0 Å². The van der Waals surface area contributed by atoms with Crippen molar-refractivity contribution in [1.82, 2.24) is 15.0 Å². The molecule has 0 bridgehead atoms. The summed E-state index contributed by atoms with van der Waals surface area (Å²) in [5, 5.41) is 15.3. The minimum absolute atomic E-state index is 0.141. The summed E-state index contributed by atoms with van der Waals surface area (Å²) in [6, 6.07) is -0.505. The van der Waals surface area contributed by atoms with E-state index in [0.717, 1.165) is 4.68 Å². The lowest BCUT2D eigenvalue weighted by Crippen LogP contribution is -2.16. The number of hydrogen-bond donors (Lipinski definition) is 1. The van der Waals surface area contributed by atoms with Gasteiger partial charge in [0, 0.05) is 7.11 Å². The average molecular weight is 235 g/mol. The molecule has 0 fully saturated rings. The van der Waals surface area contributed by atoms with Crippen molar-refractivity contribution < 1.29 is 23.4 Å². The summed E-state index contributed by atoms with van der Waals surface area (Å²) >= 11 is 0. The van der Waals surface area contributed by atoms with Crippen LogP contribution in [0, 0.1) is 0 Å². The van der Waals surface area contributed by atoms with Gasteiger partial charge in [-0.25, -0.2) is 18.3 Å². The molecular formula is C8H11F2N3O3. The molecule has 0 saturated carbocycles. The van der Waals surface area contributed by atoms with Gasteiger partial charge in [0.1, 0.15) is 5.69 Å². The van der Waals surface area contributed by atoms with Crippen molar-refractivity contribution in [1.29, 1.82) is 0 Å². The Morgan fingerprint density at radius 1 is 1.62 bits per heavy atom. The van der Waals surface area contributed by atoms with Crippen LogP contribution in [-0.2, 0) is 4.74 Å². The number of ether oxygens (including phenoxy) is 1. The van der Waals surface area contributed by atoms with Crippen molar-refractivity contribution in [3.63, 3.8) is 0 Å². The third-order valence-corrected chi connectivity index (χ3v) is 1.97. The number of carboxylic acids is 1. The number of carbonyl (C=O) groups is 1. The second-order valence-corrected chi connectivity index (χ2v) is 3.18. The summed E-state index contributed by atoms with van der Waals surface area (Å²) in [6.45, 7) is 1.72. The maximum Gasteiger partial charge on any atom is 0.358 e. The summed E-state index contributed by atoms with van der Waals surface area (Å²) in [7, 11) is 1.41. The average Bonchev–Trinajstić information content (AvgIpc) is 2.61. The van der Waals surface area contributed by atoms with Crippen LogP contribution in [0.2, 0.25) is 0 Å². The van der Waals surface area contributed by atoms with Crippen molar-refractivity contribution >= 4 is 5.97 Å². The van der Waals surface area contributed by atoms with Crippen molar-refractivity contribution in [2.24, 2.45) is 0 Å². The molecule has 0 aliphatic heterocycles. The highest BCUT2D eigenvalue weighted by Gasteiger charge is 2.28. The molecule has 1 aromatic rings. The van der Waals surface area contributed by atoms with Crippen molar-refractivity contribution in [3.05, 3.63) is 11.4 Å². The Bertz CT molecular complexity index is 381. The van der Waals surface area contributed by atoms with Crippen molar-refractivity contribution in [2.75, 3.05) is 13.7 Å². The highest BCUT2D eigenvalue weighted by molar-refractivity contribution is 5.86. The van der Waals surface area contributed by atoms with Gasteiger partial charge in [-0.2, -0.15) is 0 Å². The fourth-order valence-electron chi connectivity index (χ4n) is 1.29. The molecule has 1 atom stereocenters. The number of halogens is 2. The molecule has 0 saturated heterocycles. The van der Waals surface area contributed by atoms with Crippen LogP contribution in [0.15, 0.2) is 0 Å². The van der Waals surface area contributed by atoms with Gasteiger partial charge in [0.25, 0.3) is 6.43 Å².